The van der Waals surface area contributed by atoms with Crippen LogP contribution in [0.25, 0.3) is 0 Å². The SMILES string of the molecule is CCc1ccnc(N(CCC2CCOCC2)Cc2nc(C)n(C)n2)n1. The number of rotatable bonds is 7. The lowest BCUT2D eigenvalue weighted by atomic mass is 9.96. The van der Waals surface area contributed by atoms with Crippen molar-refractivity contribution >= 4 is 5.95 Å². The van der Waals surface area contributed by atoms with E-state index in [1.807, 2.05) is 30.9 Å². The molecule has 0 saturated carbocycles. The van der Waals surface area contributed by atoms with Gasteiger partial charge in [0.15, 0.2) is 5.82 Å². The molecule has 0 unspecified atom stereocenters. The van der Waals surface area contributed by atoms with E-state index in [0.717, 1.165) is 68.7 Å². The molecule has 0 bridgehead atoms. The zero-order chi connectivity index (χ0) is 17.6. The number of aromatic nitrogens is 5. The van der Waals surface area contributed by atoms with Crippen molar-refractivity contribution in [1.82, 2.24) is 24.7 Å². The minimum atomic E-state index is 0.637. The lowest BCUT2D eigenvalue weighted by Crippen LogP contribution is -2.29. The van der Waals surface area contributed by atoms with Crippen LogP contribution < -0.4 is 4.90 Å². The molecule has 2 aromatic heterocycles. The maximum Gasteiger partial charge on any atom is 0.225 e. The second-order valence-corrected chi connectivity index (χ2v) is 6.67. The molecule has 1 aliphatic heterocycles. The quantitative estimate of drug-likeness (QED) is 0.768. The predicted octanol–water partition coefficient (Wildman–Crippen LogP) is 2.30. The maximum absolute atomic E-state index is 5.47. The molecular formula is C18H28N6O. The van der Waals surface area contributed by atoms with Crippen molar-refractivity contribution in [1.29, 1.82) is 0 Å². The third-order valence-corrected chi connectivity index (χ3v) is 4.85. The summed E-state index contributed by atoms with van der Waals surface area (Å²) < 4.78 is 7.29. The lowest BCUT2D eigenvalue weighted by Gasteiger charge is -2.26. The smallest absolute Gasteiger partial charge is 0.225 e. The highest BCUT2D eigenvalue weighted by molar-refractivity contribution is 5.30. The Labute approximate surface area is 149 Å². The molecule has 0 N–H and O–H groups in total. The van der Waals surface area contributed by atoms with E-state index in [1.165, 1.54) is 0 Å². The van der Waals surface area contributed by atoms with Crippen molar-refractivity contribution < 1.29 is 4.74 Å². The Kier molecular flexibility index (Phi) is 5.96. The number of aryl methyl sites for hydroxylation is 3. The first-order valence-electron chi connectivity index (χ1n) is 9.17. The Hall–Kier alpha value is -2.02. The second-order valence-electron chi connectivity index (χ2n) is 6.67. The Bertz CT molecular complexity index is 660. The molecule has 0 atom stereocenters. The van der Waals surface area contributed by atoms with E-state index in [1.54, 1.807) is 0 Å². The largest absolute Gasteiger partial charge is 0.381 e. The molecule has 7 heteroatoms. The van der Waals surface area contributed by atoms with Gasteiger partial charge in [0, 0.05) is 38.7 Å². The number of hydrogen-bond acceptors (Lipinski definition) is 6. The van der Waals surface area contributed by atoms with Crippen molar-refractivity contribution in [3.63, 3.8) is 0 Å². The van der Waals surface area contributed by atoms with E-state index in [4.69, 9.17) is 9.72 Å². The predicted molar refractivity (Wildman–Crippen MR) is 96.4 cm³/mol. The van der Waals surface area contributed by atoms with Crippen LogP contribution in [-0.2, 0) is 24.8 Å². The Balaban J connectivity index is 1.74. The third kappa shape index (κ3) is 4.75. The van der Waals surface area contributed by atoms with Crippen LogP contribution in [0, 0.1) is 12.8 Å². The van der Waals surface area contributed by atoms with E-state index in [2.05, 4.69) is 26.9 Å². The number of nitrogens with zero attached hydrogens (tertiary/aromatic N) is 6. The molecule has 0 aromatic carbocycles. The first-order valence-corrected chi connectivity index (χ1v) is 9.17. The van der Waals surface area contributed by atoms with Gasteiger partial charge in [-0.2, -0.15) is 5.10 Å². The summed E-state index contributed by atoms with van der Waals surface area (Å²) in [7, 11) is 1.92. The summed E-state index contributed by atoms with van der Waals surface area (Å²) in [6.07, 6.45) is 6.16. The van der Waals surface area contributed by atoms with Gasteiger partial charge in [-0.3, -0.25) is 4.68 Å². The number of anilines is 1. The molecule has 1 aliphatic rings. The minimum absolute atomic E-state index is 0.637. The van der Waals surface area contributed by atoms with Gasteiger partial charge in [-0.25, -0.2) is 15.0 Å². The van der Waals surface area contributed by atoms with Crippen molar-refractivity contribution in [3.8, 4) is 0 Å². The van der Waals surface area contributed by atoms with Gasteiger partial charge in [-0.05, 0) is 44.6 Å². The van der Waals surface area contributed by atoms with Crippen LogP contribution in [0.3, 0.4) is 0 Å². The van der Waals surface area contributed by atoms with E-state index in [9.17, 15) is 0 Å². The van der Waals surface area contributed by atoms with Gasteiger partial charge in [0.05, 0.1) is 6.54 Å². The Morgan fingerprint density at radius 2 is 2.08 bits per heavy atom. The van der Waals surface area contributed by atoms with Crippen LogP contribution in [0.2, 0.25) is 0 Å². The zero-order valence-corrected chi connectivity index (χ0v) is 15.5. The van der Waals surface area contributed by atoms with Crippen LogP contribution >= 0.6 is 0 Å². The monoisotopic (exact) mass is 344 g/mol. The Morgan fingerprint density at radius 3 is 2.76 bits per heavy atom. The van der Waals surface area contributed by atoms with Gasteiger partial charge in [0.1, 0.15) is 5.82 Å². The summed E-state index contributed by atoms with van der Waals surface area (Å²) in [4.78, 5) is 16.0. The number of hydrogen-bond donors (Lipinski definition) is 0. The fraction of sp³-hybridized carbons (Fsp3) is 0.667. The summed E-state index contributed by atoms with van der Waals surface area (Å²) in [5.74, 6) is 3.22. The average Bonchev–Trinajstić information content (AvgIpc) is 2.97. The molecule has 0 aliphatic carbocycles. The van der Waals surface area contributed by atoms with Gasteiger partial charge in [0.25, 0.3) is 0 Å². The van der Waals surface area contributed by atoms with Crippen molar-refractivity contribution in [2.45, 2.75) is 46.1 Å². The summed E-state index contributed by atoms with van der Waals surface area (Å²) in [6, 6.07) is 1.98. The molecule has 1 saturated heterocycles. The summed E-state index contributed by atoms with van der Waals surface area (Å²) in [6.45, 7) is 7.40. The van der Waals surface area contributed by atoms with Crippen LogP contribution in [0.5, 0.6) is 0 Å². The molecular weight excluding hydrogens is 316 g/mol. The maximum atomic E-state index is 5.47. The molecule has 2 aromatic rings. The van der Waals surface area contributed by atoms with Gasteiger partial charge >= 0.3 is 0 Å². The molecule has 0 spiro atoms. The normalized spacial score (nSPS) is 15.5. The highest BCUT2D eigenvalue weighted by atomic mass is 16.5. The molecule has 0 radical (unpaired) electrons. The molecule has 3 heterocycles. The van der Waals surface area contributed by atoms with Crippen molar-refractivity contribution in [2.75, 3.05) is 24.7 Å². The van der Waals surface area contributed by atoms with E-state index in [0.29, 0.717) is 12.5 Å². The molecule has 136 valence electrons. The third-order valence-electron chi connectivity index (χ3n) is 4.85. The van der Waals surface area contributed by atoms with Crippen LogP contribution in [0.4, 0.5) is 5.95 Å². The second kappa shape index (κ2) is 8.38. The van der Waals surface area contributed by atoms with Crippen LogP contribution in [-0.4, -0.2) is 44.5 Å². The fourth-order valence-electron chi connectivity index (χ4n) is 3.12. The summed E-state index contributed by atoms with van der Waals surface area (Å²) >= 11 is 0. The molecule has 7 nitrogen and oxygen atoms in total. The summed E-state index contributed by atoms with van der Waals surface area (Å²) in [5, 5.41) is 4.50. The first kappa shape index (κ1) is 17.8. The van der Waals surface area contributed by atoms with E-state index in [-0.39, 0.29) is 0 Å². The Morgan fingerprint density at radius 1 is 1.28 bits per heavy atom. The highest BCUT2D eigenvalue weighted by Crippen LogP contribution is 2.21. The molecule has 25 heavy (non-hydrogen) atoms. The van der Waals surface area contributed by atoms with E-state index >= 15 is 0 Å². The highest BCUT2D eigenvalue weighted by Gasteiger charge is 2.19. The fourth-order valence-corrected chi connectivity index (χ4v) is 3.12. The minimum Gasteiger partial charge on any atom is -0.381 e. The molecule has 1 fully saturated rings. The first-order chi connectivity index (χ1) is 12.2. The lowest BCUT2D eigenvalue weighted by molar-refractivity contribution is 0.0644. The summed E-state index contributed by atoms with van der Waals surface area (Å²) in [5.41, 5.74) is 1.06. The van der Waals surface area contributed by atoms with E-state index < -0.39 is 0 Å². The zero-order valence-electron chi connectivity index (χ0n) is 15.5. The standard InChI is InChI=1S/C18H28N6O/c1-4-16-5-9-19-18(21-16)24(10-6-15-7-11-25-12-8-15)13-17-20-14(2)23(3)22-17/h5,9,15H,4,6-8,10-13H2,1-3H3. The number of ether oxygens (including phenoxy) is 1. The van der Waals surface area contributed by atoms with Gasteiger partial charge in [-0.1, -0.05) is 6.92 Å². The molecule has 3 rings (SSSR count). The topological polar surface area (TPSA) is 69.0 Å². The van der Waals surface area contributed by atoms with Crippen molar-refractivity contribution in [3.05, 3.63) is 29.6 Å². The molecule has 0 amide bonds. The van der Waals surface area contributed by atoms with Gasteiger partial charge in [0.2, 0.25) is 5.95 Å². The average molecular weight is 344 g/mol. The van der Waals surface area contributed by atoms with Gasteiger partial charge in [-0.15, -0.1) is 0 Å². The van der Waals surface area contributed by atoms with Crippen LogP contribution in [0.1, 0.15) is 43.5 Å². The van der Waals surface area contributed by atoms with Crippen LogP contribution in [0.15, 0.2) is 12.3 Å². The van der Waals surface area contributed by atoms with Crippen molar-refractivity contribution in [2.24, 2.45) is 13.0 Å². The van der Waals surface area contributed by atoms with Gasteiger partial charge < -0.3 is 9.64 Å².